The number of carbonyl (C=O) groups excluding carboxylic acids is 3. The third-order valence-electron chi connectivity index (χ3n) is 3.89. The fourth-order valence-corrected chi connectivity index (χ4v) is 2.26. The highest BCUT2D eigenvalue weighted by atomic mass is 16.7. The van der Waals surface area contributed by atoms with Gasteiger partial charge in [0, 0.05) is 17.8 Å². The van der Waals surface area contributed by atoms with Gasteiger partial charge in [-0.25, -0.2) is 9.59 Å². The SMILES string of the molecule is C=CCOC(=O)NC(C)C(=O)Nc1ccc(COC(=O)Oc2ccc([N+](=O)[O-])cc2)cc1. The van der Waals surface area contributed by atoms with Gasteiger partial charge in [-0.3, -0.25) is 14.9 Å². The van der Waals surface area contributed by atoms with Crippen molar-refractivity contribution in [2.45, 2.75) is 19.6 Å². The molecule has 2 rings (SSSR count). The second-order valence-corrected chi connectivity index (χ2v) is 6.33. The molecule has 1 atom stereocenters. The van der Waals surface area contributed by atoms with Crippen LogP contribution >= 0.6 is 0 Å². The van der Waals surface area contributed by atoms with Gasteiger partial charge in [0.15, 0.2) is 0 Å². The Kier molecular flexibility index (Phi) is 8.72. The Hall–Kier alpha value is -4.41. The van der Waals surface area contributed by atoms with Crippen molar-refractivity contribution in [2.24, 2.45) is 0 Å². The molecule has 0 heterocycles. The van der Waals surface area contributed by atoms with Crippen molar-refractivity contribution in [2.75, 3.05) is 11.9 Å². The summed E-state index contributed by atoms with van der Waals surface area (Å²) >= 11 is 0. The normalized spacial score (nSPS) is 10.9. The molecule has 0 aliphatic heterocycles. The molecule has 0 aromatic heterocycles. The van der Waals surface area contributed by atoms with Crippen LogP contribution in [0.2, 0.25) is 0 Å². The molecular formula is C21H21N3O8. The fourth-order valence-electron chi connectivity index (χ4n) is 2.26. The summed E-state index contributed by atoms with van der Waals surface area (Å²) in [6, 6.07) is 10.6. The second-order valence-electron chi connectivity index (χ2n) is 6.33. The summed E-state index contributed by atoms with van der Waals surface area (Å²) in [6.07, 6.45) is -0.301. The maximum atomic E-state index is 12.1. The zero-order chi connectivity index (χ0) is 23.5. The summed E-state index contributed by atoms with van der Waals surface area (Å²) in [4.78, 5) is 45.4. The van der Waals surface area contributed by atoms with Gasteiger partial charge < -0.3 is 24.8 Å². The van der Waals surface area contributed by atoms with Crippen LogP contribution in [0.25, 0.3) is 0 Å². The lowest BCUT2D eigenvalue weighted by atomic mass is 10.2. The summed E-state index contributed by atoms with van der Waals surface area (Å²) in [5.41, 5.74) is 0.971. The van der Waals surface area contributed by atoms with Crippen molar-refractivity contribution in [1.29, 1.82) is 0 Å². The number of anilines is 1. The van der Waals surface area contributed by atoms with E-state index in [9.17, 15) is 24.5 Å². The topological polar surface area (TPSA) is 146 Å². The van der Waals surface area contributed by atoms with E-state index in [0.717, 1.165) is 0 Å². The first kappa shape index (κ1) is 23.9. The van der Waals surface area contributed by atoms with Crippen molar-refractivity contribution >= 4 is 29.5 Å². The first-order valence-electron chi connectivity index (χ1n) is 9.31. The number of nitro groups is 1. The summed E-state index contributed by atoms with van der Waals surface area (Å²) in [5.74, 6) is -0.342. The minimum absolute atomic E-state index is 0.0329. The number of nitrogens with zero attached hydrogens (tertiary/aromatic N) is 1. The standard InChI is InChI=1S/C21H21N3O8/c1-3-12-30-20(26)22-14(2)19(25)23-16-6-4-15(5-7-16)13-31-21(27)32-18-10-8-17(9-11-18)24(28)29/h3-11,14H,1,12-13H2,2H3,(H,22,26)(H,23,25). The minimum Gasteiger partial charge on any atom is -0.445 e. The number of alkyl carbamates (subject to hydrolysis) is 1. The monoisotopic (exact) mass is 443 g/mol. The molecule has 1 unspecified atom stereocenters. The van der Waals surface area contributed by atoms with E-state index in [-0.39, 0.29) is 24.7 Å². The number of carbonyl (C=O) groups is 3. The maximum absolute atomic E-state index is 12.1. The summed E-state index contributed by atoms with van der Waals surface area (Å²) in [5, 5.41) is 15.6. The zero-order valence-electron chi connectivity index (χ0n) is 17.1. The molecule has 0 spiro atoms. The Morgan fingerprint density at radius 1 is 1.09 bits per heavy atom. The van der Waals surface area contributed by atoms with E-state index in [1.54, 1.807) is 24.3 Å². The number of hydrogen-bond donors (Lipinski definition) is 2. The highest BCUT2D eigenvalue weighted by molar-refractivity contribution is 5.96. The van der Waals surface area contributed by atoms with Crippen LogP contribution in [0.3, 0.4) is 0 Å². The number of ether oxygens (including phenoxy) is 3. The predicted molar refractivity (Wildman–Crippen MR) is 113 cm³/mol. The molecule has 0 bridgehead atoms. The van der Waals surface area contributed by atoms with E-state index in [1.807, 2.05) is 0 Å². The number of benzene rings is 2. The molecule has 11 heteroatoms. The van der Waals surface area contributed by atoms with Crippen molar-refractivity contribution in [1.82, 2.24) is 5.32 Å². The van der Waals surface area contributed by atoms with Crippen molar-refractivity contribution in [3.8, 4) is 5.75 Å². The van der Waals surface area contributed by atoms with Gasteiger partial charge >= 0.3 is 12.2 Å². The molecule has 0 radical (unpaired) electrons. The van der Waals surface area contributed by atoms with Crippen molar-refractivity contribution < 1.29 is 33.5 Å². The van der Waals surface area contributed by atoms with E-state index >= 15 is 0 Å². The quantitative estimate of drug-likeness (QED) is 0.197. The molecule has 2 aromatic rings. The molecule has 0 aliphatic rings. The number of nitrogens with one attached hydrogen (secondary N) is 2. The molecule has 2 amide bonds. The molecule has 0 fully saturated rings. The number of non-ortho nitro benzene ring substituents is 1. The van der Waals surface area contributed by atoms with Gasteiger partial charge in [-0.15, -0.1) is 0 Å². The lowest BCUT2D eigenvalue weighted by molar-refractivity contribution is -0.384. The van der Waals surface area contributed by atoms with Gasteiger partial charge in [0.05, 0.1) is 4.92 Å². The van der Waals surface area contributed by atoms with Crippen LogP contribution in [0.4, 0.5) is 21.0 Å². The van der Waals surface area contributed by atoms with E-state index in [4.69, 9.17) is 14.2 Å². The molecule has 32 heavy (non-hydrogen) atoms. The fraction of sp³-hybridized carbons (Fsp3) is 0.190. The Balaban J connectivity index is 1.78. The smallest absolute Gasteiger partial charge is 0.445 e. The predicted octanol–water partition coefficient (Wildman–Crippen LogP) is 3.55. The average molecular weight is 443 g/mol. The van der Waals surface area contributed by atoms with Gasteiger partial charge in [-0.1, -0.05) is 24.8 Å². The Morgan fingerprint density at radius 3 is 2.34 bits per heavy atom. The second kappa shape index (κ2) is 11.7. The maximum Gasteiger partial charge on any atom is 0.514 e. The Labute approximate surface area is 183 Å². The molecule has 2 N–H and O–H groups in total. The zero-order valence-corrected chi connectivity index (χ0v) is 17.1. The molecule has 11 nitrogen and oxygen atoms in total. The van der Waals surface area contributed by atoms with Crippen LogP contribution in [-0.2, 0) is 20.9 Å². The van der Waals surface area contributed by atoms with Gasteiger partial charge in [0.2, 0.25) is 5.91 Å². The molecule has 0 saturated heterocycles. The third-order valence-corrected chi connectivity index (χ3v) is 3.89. The van der Waals surface area contributed by atoms with Crippen molar-refractivity contribution in [3.05, 3.63) is 76.9 Å². The summed E-state index contributed by atoms with van der Waals surface area (Å²) in [6.45, 7) is 4.87. The Bertz CT molecular complexity index is 974. The van der Waals surface area contributed by atoms with Crippen LogP contribution in [0.15, 0.2) is 61.2 Å². The molecule has 2 aromatic carbocycles. The van der Waals surface area contributed by atoms with Crippen molar-refractivity contribution in [3.63, 3.8) is 0 Å². The highest BCUT2D eigenvalue weighted by Gasteiger charge is 2.16. The lowest BCUT2D eigenvalue weighted by Crippen LogP contribution is -2.41. The van der Waals surface area contributed by atoms with E-state index in [0.29, 0.717) is 11.3 Å². The first-order valence-corrected chi connectivity index (χ1v) is 9.31. The summed E-state index contributed by atoms with van der Waals surface area (Å²) in [7, 11) is 0. The average Bonchev–Trinajstić information content (AvgIpc) is 2.77. The van der Waals surface area contributed by atoms with E-state index in [2.05, 4.69) is 17.2 Å². The number of amides is 2. The van der Waals surface area contributed by atoms with Gasteiger partial charge in [-0.05, 0) is 36.8 Å². The van der Waals surface area contributed by atoms with Crippen LogP contribution in [0.5, 0.6) is 5.75 Å². The Morgan fingerprint density at radius 2 is 1.75 bits per heavy atom. The molecule has 0 saturated carbocycles. The summed E-state index contributed by atoms with van der Waals surface area (Å²) < 4.78 is 14.7. The number of nitro benzene ring substituents is 1. The van der Waals surface area contributed by atoms with E-state index in [1.165, 1.54) is 37.3 Å². The van der Waals surface area contributed by atoms with Gasteiger partial charge in [0.25, 0.3) is 5.69 Å². The van der Waals surface area contributed by atoms with Crippen LogP contribution < -0.4 is 15.4 Å². The molecule has 0 aliphatic carbocycles. The lowest BCUT2D eigenvalue weighted by Gasteiger charge is -2.14. The first-order chi connectivity index (χ1) is 15.3. The van der Waals surface area contributed by atoms with Crippen LogP contribution in [0.1, 0.15) is 12.5 Å². The number of rotatable bonds is 9. The number of hydrogen-bond acceptors (Lipinski definition) is 8. The van der Waals surface area contributed by atoms with Gasteiger partial charge in [0.1, 0.15) is 25.0 Å². The highest BCUT2D eigenvalue weighted by Crippen LogP contribution is 2.18. The van der Waals surface area contributed by atoms with Crippen LogP contribution in [0, 0.1) is 10.1 Å². The largest absolute Gasteiger partial charge is 0.514 e. The van der Waals surface area contributed by atoms with E-state index < -0.39 is 29.1 Å². The van der Waals surface area contributed by atoms with Gasteiger partial charge in [-0.2, -0.15) is 0 Å². The molecule has 168 valence electrons. The van der Waals surface area contributed by atoms with Crippen LogP contribution in [-0.4, -0.2) is 35.7 Å². The molecular weight excluding hydrogens is 422 g/mol. The minimum atomic E-state index is -0.973. The third kappa shape index (κ3) is 7.78.